The molecule has 3 heteroatoms. The highest BCUT2D eigenvalue weighted by atomic mass is 35.5. The summed E-state index contributed by atoms with van der Waals surface area (Å²) in [5.41, 5.74) is 3.83. The van der Waals surface area contributed by atoms with Gasteiger partial charge >= 0.3 is 0 Å². The number of ketones is 1. The zero-order valence-corrected chi connectivity index (χ0v) is 15.3. The SMILES string of the molecule is C=C1C(O)=C([C@H]2CC[C@H](c3ccc(Cl)cc3)CC2)C(=O)c2ccccc21. The largest absolute Gasteiger partial charge is 0.507 e. The third-order valence-corrected chi connectivity index (χ3v) is 6.01. The number of fused-ring (bicyclic) bond motifs is 1. The van der Waals surface area contributed by atoms with Crippen LogP contribution in [0.4, 0.5) is 0 Å². The molecule has 2 aromatic rings. The van der Waals surface area contributed by atoms with E-state index in [-0.39, 0.29) is 17.5 Å². The summed E-state index contributed by atoms with van der Waals surface area (Å²) in [5, 5.41) is 11.4. The quantitative estimate of drug-likeness (QED) is 0.675. The number of carbonyl (C=O) groups is 1. The maximum atomic E-state index is 13.0. The minimum Gasteiger partial charge on any atom is -0.507 e. The van der Waals surface area contributed by atoms with Crippen LogP contribution in [-0.2, 0) is 0 Å². The van der Waals surface area contributed by atoms with Gasteiger partial charge in [-0.2, -0.15) is 0 Å². The Morgan fingerprint density at radius 3 is 2.12 bits per heavy atom. The Labute approximate surface area is 158 Å². The lowest BCUT2D eigenvalue weighted by Gasteiger charge is -2.32. The molecule has 0 heterocycles. The molecule has 132 valence electrons. The first kappa shape index (κ1) is 17.1. The van der Waals surface area contributed by atoms with E-state index in [1.165, 1.54) is 5.56 Å². The molecule has 2 aromatic carbocycles. The molecular formula is C23H21ClO2. The zero-order chi connectivity index (χ0) is 18.3. The van der Waals surface area contributed by atoms with Gasteiger partial charge in [0.15, 0.2) is 5.78 Å². The second-order valence-electron chi connectivity index (χ2n) is 7.22. The van der Waals surface area contributed by atoms with Crippen LogP contribution in [0.1, 0.15) is 53.1 Å². The summed E-state index contributed by atoms with van der Waals surface area (Å²) >= 11 is 5.98. The van der Waals surface area contributed by atoms with E-state index >= 15 is 0 Å². The van der Waals surface area contributed by atoms with Crippen molar-refractivity contribution in [3.8, 4) is 0 Å². The van der Waals surface area contributed by atoms with Crippen LogP contribution < -0.4 is 0 Å². The van der Waals surface area contributed by atoms with Gasteiger partial charge in [-0.1, -0.05) is 54.6 Å². The lowest BCUT2D eigenvalue weighted by molar-refractivity contribution is 0.100. The summed E-state index contributed by atoms with van der Waals surface area (Å²) in [6, 6.07) is 15.5. The summed E-state index contributed by atoms with van der Waals surface area (Å²) in [5.74, 6) is 0.626. The number of hydrogen-bond acceptors (Lipinski definition) is 2. The summed E-state index contributed by atoms with van der Waals surface area (Å²) in [7, 11) is 0. The molecule has 4 rings (SSSR count). The predicted octanol–water partition coefficient (Wildman–Crippen LogP) is 6.34. The Bertz CT molecular complexity index is 900. The maximum Gasteiger partial charge on any atom is 0.193 e. The number of aliphatic hydroxyl groups excluding tert-OH is 1. The van der Waals surface area contributed by atoms with E-state index < -0.39 is 0 Å². The van der Waals surface area contributed by atoms with Crippen LogP contribution in [0, 0.1) is 5.92 Å². The van der Waals surface area contributed by atoms with Crippen molar-refractivity contribution in [3.63, 3.8) is 0 Å². The molecule has 0 aliphatic heterocycles. The first-order valence-electron chi connectivity index (χ1n) is 9.08. The molecule has 26 heavy (non-hydrogen) atoms. The van der Waals surface area contributed by atoms with Crippen LogP contribution in [0.5, 0.6) is 0 Å². The van der Waals surface area contributed by atoms with Gasteiger partial charge in [0, 0.05) is 21.7 Å². The number of hydrogen-bond donors (Lipinski definition) is 1. The Morgan fingerprint density at radius 1 is 0.885 bits per heavy atom. The molecule has 2 aliphatic carbocycles. The van der Waals surface area contributed by atoms with Crippen LogP contribution in [0.3, 0.4) is 0 Å². The zero-order valence-electron chi connectivity index (χ0n) is 14.5. The third-order valence-electron chi connectivity index (χ3n) is 5.76. The van der Waals surface area contributed by atoms with Crippen molar-refractivity contribution in [1.82, 2.24) is 0 Å². The second kappa shape index (κ2) is 6.77. The number of rotatable bonds is 2. The molecule has 1 fully saturated rings. The summed E-state index contributed by atoms with van der Waals surface area (Å²) in [6.07, 6.45) is 3.80. The molecule has 2 aliphatic rings. The molecule has 0 unspecified atom stereocenters. The molecule has 0 aromatic heterocycles. The number of carbonyl (C=O) groups excluding carboxylic acids is 1. The first-order chi connectivity index (χ1) is 12.6. The Hall–Kier alpha value is -2.32. The average Bonchev–Trinajstić information content (AvgIpc) is 2.68. The molecule has 0 radical (unpaired) electrons. The third kappa shape index (κ3) is 2.89. The van der Waals surface area contributed by atoms with E-state index in [1.807, 2.05) is 36.4 Å². The highest BCUT2D eigenvalue weighted by Crippen LogP contribution is 2.44. The van der Waals surface area contributed by atoms with Crippen LogP contribution in [0.25, 0.3) is 5.57 Å². The van der Waals surface area contributed by atoms with E-state index in [9.17, 15) is 9.90 Å². The highest BCUT2D eigenvalue weighted by Gasteiger charge is 2.35. The minimum absolute atomic E-state index is 0.0413. The van der Waals surface area contributed by atoms with Gasteiger partial charge in [0.25, 0.3) is 0 Å². The van der Waals surface area contributed by atoms with E-state index in [4.69, 9.17) is 11.6 Å². The van der Waals surface area contributed by atoms with E-state index in [1.54, 1.807) is 0 Å². The molecule has 0 atom stereocenters. The second-order valence-corrected chi connectivity index (χ2v) is 7.65. The van der Waals surface area contributed by atoms with Crippen LogP contribution >= 0.6 is 11.6 Å². The smallest absolute Gasteiger partial charge is 0.193 e. The normalized spacial score (nSPS) is 23.1. The molecule has 0 saturated heterocycles. The Balaban J connectivity index is 1.56. The van der Waals surface area contributed by atoms with Gasteiger partial charge in [-0.25, -0.2) is 0 Å². The fraction of sp³-hybridized carbons (Fsp3) is 0.261. The number of benzene rings is 2. The Kier molecular flexibility index (Phi) is 4.46. The van der Waals surface area contributed by atoms with Gasteiger partial charge in [0.2, 0.25) is 0 Å². The van der Waals surface area contributed by atoms with E-state index in [0.29, 0.717) is 22.6 Å². The number of aliphatic hydroxyl groups is 1. The van der Waals surface area contributed by atoms with Crippen molar-refractivity contribution in [2.24, 2.45) is 5.92 Å². The average molecular weight is 365 g/mol. The van der Waals surface area contributed by atoms with Crippen molar-refractivity contribution in [1.29, 1.82) is 0 Å². The lowest BCUT2D eigenvalue weighted by atomic mass is 9.72. The fourth-order valence-corrected chi connectivity index (χ4v) is 4.44. The van der Waals surface area contributed by atoms with Crippen molar-refractivity contribution < 1.29 is 9.90 Å². The van der Waals surface area contributed by atoms with Gasteiger partial charge in [0.1, 0.15) is 5.76 Å². The maximum absolute atomic E-state index is 13.0. The number of allylic oxidation sites excluding steroid dienone is 2. The highest BCUT2D eigenvalue weighted by molar-refractivity contribution is 6.30. The van der Waals surface area contributed by atoms with Gasteiger partial charge in [-0.05, 0) is 60.8 Å². The minimum atomic E-state index is -0.0413. The molecule has 2 nitrogen and oxygen atoms in total. The van der Waals surface area contributed by atoms with Crippen LogP contribution in [0.15, 0.2) is 66.4 Å². The van der Waals surface area contributed by atoms with E-state index in [0.717, 1.165) is 36.3 Å². The van der Waals surface area contributed by atoms with Crippen LogP contribution in [-0.4, -0.2) is 10.9 Å². The molecule has 0 spiro atoms. The standard InChI is InChI=1S/C23H21ClO2/c1-14-19-4-2-3-5-20(19)23(26)21(22(14)25)17-8-6-15(7-9-17)16-10-12-18(24)13-11-16/h2-5,10-13,15,17,25H,1,6-9H2/t15-,17-. The van der Waals surface area contributed by atoms with E-state index in [2.05, 4.69) is 18.7 Å². The van der Waals surface area contributed by atoms with Crippen molar-refractivity contribution in [2.75, 3.05) is 0 Å². The first-order valence-corrected chi connectivity index (χ1v) is 9.46. The summed E-state index contributed by atoms with van der Waals surface area (Å²) < 4.78 is 0. The van der Waals surface area contributed by atoms with Gasteiger partial charge in [-0.3, -0.25) is 4.79 Å². The van der Waals surface area contributed by atoms with Gasteiger partial charge in [0.05, 0.1) is 0 Å². The van der Waals surface area contributed by atoms with Crippen LogP contribution in [0.2, 0.25) is 5.02 Å². The topological polar surface area (TPSA) is 37.3 Å². The monoisotopic (exact) mass is 364 g/mol. The van der Waals surface area contributed by atoms with Gasteiger partial charge in [-0.15, -0.1) is 0 Å². The number of halogens is 1. The molecule has 0 bridgehead atoms. The molecule has 1 N–H and O–H groups in total. The molecular weight excluding hydrogens is 344 g/mol. The fourth-order valence-electron chi connectivity index (χ4n) is 4.32. The summed E-state index contributed by atoms with van der Waals surface area (Å²) in [6.45, 7) is 4.01. The van der Waals surface area contributed by atoms with Crippen molar-refractivity contribution in [3.05, 3.63) is 88.2 Å². The summed E-state index contributed by atoms with van der Waals surface area (Å²) in [4.78, 5) is 13.0. The Morgan fingerprint density at radius 2 is 1.46 bits per heavy atom. The van der Waals surface area contributed by atoms with Crippen molar-refractivity contribution >= 4 is 23.0 Å². The molecule has 1 saturated carbocycles. The molecule has 0 amide bonds. The lowest BCUT2D eigenvalue weighted by Crippen LogP contribution is -2.24. The predicted molar refractivity (Wildman–Crippen MR) is 106 cm³/mol. The van der Waals surface area contributed by atoms with Gasteiger partial charge < -0.3 is 5.11 Å². The number of Topliss-reactive ketones (excluding diaryl/α,β-unsaturated/α-hetero) is 1. The van der Waals surface area contributed by atoms with Crippen molar-refractivity contribution in [2.45, 2.75) is 31.6 Å².